The fourth-order valence-corrected chi connectivity index (χ4v) is 3.62. The van der Waals surface area contributed by atoms with E-state index in [9.17, 15) is 4.79 Å². The summed E-state index contributed by atoms with van der Waals surface area (Å²) >= 11 is 0. The Morgan fingerprint density at radius 1 is 1.21 bits per heavy atom. The van der Waals surface area contributed by atoms with Gasteiger partial charge in [0.05, 0.1) is 12.0 Å². The van der Waals surface area contributed by atoms with Gasteiger partial charge in [-0.05, 0) is 23.3 Å². The molecule has 0 radical (unpaired) electrons. The molecule has 29 heavy (non-hydrogen) atoms. The van der Waals surface area contributed by atoms with Gasteiger partial charge in [-0.25, -0.2) is 4.98 Å². The number of aliphatic imine (C=N–C) groups is 1. The summed E-state index contributed by atoms with van der Waals surface area (Å²) in [6, 6.07) is 16.1. The number of hydrogen-bond donors (Lipinski definition) is 3. The van der Waals surface area contributed by atoms with Crippen LogP contribution in [0.15, 0.2) is 72.2 Å². The number of fused-ring (bicyclic) bond motifs is 1. The minimum atomic E-state index is 0.0488. The Morgan fingerprint density at radius 3 is 2.86 bits per heavy atom. The van der Waals surface area contributed by atoms with Gasteiger partial charge in [-0.3, -0.25) is 9.79 Å². The Labute approximate surface area is 169 Å². The molecule has 4 rings (SSSR count). The zero-order valence-electron chi connectivity index (χ0n) is 16.3. The number of nitrogens with zero attached hydrogens (tertiary/aromatic N) is 3. The van der Waals surface area contributed by atoms with E-state index in [1.165, 1.54) is 0 Å². The predicted octanol–water partition coefficient (Wildman–Crippen LogP) is 2.66. The number of benzene rings is 2. The maximum Gasteiger partial charge on any atom is 0.225 e. The third kappa shape index (κ3) is 4.29. The molecule has 0 saturated heterocycles. The van der Waals surface area contributed by atoms with Crippen molar-refractivity contribution in [1.82, 2.24) is 20.2 Å². The fraction of sp³-hybridized carbons (Fsp3) is 0.227. The van der Waals surface area contributed by atoms with Crippen LogP contribution in [-0.4, -0.2) is 35.0 Å². The zero-order chi connectivity index (χ0) is 20.1. The maximum absolute atomic E-state index is 12.0. The van der Waals surface area contributed by atoms with Crippen molar-refractivity contribution in [2.45, 2.75) is 18.9 Å². The lowest BCUT2D eigenvalue weighted by Gasteiger charge is -2.26. The highest BCUT2D eigenvalue weighted by Crippen LogP contribution is 2.31. The molecule has 3 N–H and O–H groups in total. The van der Waals surface area contributed by atoms with Crippen LogP contribution in [0.3, 0.4) is 0 Å². The van der Waals surface area contributed by atoms with Crippen LogP contribution in [0.25, 0.3) is 5.69 Å². The first kappa shape index (κ1) is 18.7. The van der Waals surface area contributed by atoms with Crippen molar-refractivity contribution < 1.29 is 4.79 Å². The number of anilines is 1. The minimum Gasteiger partial charge on any atom is -0.356 e. The Hall–Kier alpha value is -3.61. The van der Waals surface area contributed by atoms with Gasteiger partial charge in [0.1, 0.15) is 0 Å². The van der Waals surface area contributed by atoms with Crippen molar-refractivity contribution in [3.63, 3.8) is 0 Å². The van der Waals surface area contributed by atoms with E-state index >= 15 is 0 Å². The summed E-state index contributed by atoms with van der Waals surface area (Å²) in [5.41, 5.74) is 4.26. The third-order valence-electron chi connectivity index (χ3n) is 5.07. The number of para-hydroxylation sites is 2. The van der Waals surface area contributed by atoms with Crippen LogP contribution in [0.2, 0.25) is 0 Å². The van der Waals surface area contributed by atoms with E-state index in [-0.39, 0.29) is 11.8 Å². The molecule has 148 valence electrons. The molecule has 1 aliphatic heterocycles. The molecule has 0 spiro atoms. The largest absolute Gasteiger partial charge is 0.356 e. The molecule has 0 aliphatic carbocycles. The SMILES string of the molecule is CN=C(NCc1ccccc1-n1ccnc1)NCC1CC(=O)Nc2ccccc21. The monoisotopic (exact) mass is 388 g/mol. The first-order chi connectivity index (χ1) is 14.2. The molecule has 1 unspecified atom stereocenters. The van der Waals surface area contributed by atoms with Gasteiger partial charge < -0.3 is 20.5 Å². The van der Waals surface area contributed by atoms with E-state index in [2.05, 4.69) is 44.1 Å². The molecule has 7 heteroatoms. The van der Waals surface area contributed by atoms with E-state index in [0.717, 1.165) is 22.5 Å². The first-order valence-corrected chi connectivity index (χ1v) is 9.64. The molecule has 7 nitrogen and oxygen atoms in total. The lowest BCUT2D eigenvalue weighted by atomic mass is 9.90. The molecule has 0 bridgehead atoms. The predicted molar refractivity (Wildman–Crippen MR) is 114 cm³/mol. The molecule has 2 heterocycles. The van der Waals surface area contributed by atoms with Gasteiger partial charge in [0.25, 0.3) is 0 Å². The third-order valence-corrected chi connectivity index (χ3v) is 5.07. The van der Waals surface area contributed by atoms with Crippen LogP contribution < -0.4 is 16.0 Å². The van der Waals surface area contributed by atoms with Crippen molar-refractivity contribution in [1.29, 1.82) is 0 Å². The molecule has 0 fully saturated rings. The van der Waals surface area contributed by atoms with E-state index in [1.54, 1.807) is 19.6 Å². The van der Waals surface area contributed by atoms with Crippen LogP contribution in [0.1, 0.15) is 23.5 Å². The number of hydrogen-bond acceptors (Lipinski definition) is 3. The molecule has 1 amide bonds. The van der Waals surface area contributed by atoms with Gasteiger partial charge in [-0.1, -0.05) is 36.4 Å². The van der Waals surface area contributed by atoms with E-state index in [4.69, 9.17) is 0 Å². The fourth-order valence-electron chi connectivity index (χ4n) is 3.62. The van der Waals surface area contributed by atoms with Crippen LogP contribution in [-0.2, 0) is 11.3 Å². The standard InChI is InChI=1S/C22H24N6O/c1-23-22(25-13-16-6-2-5-9-20(16)28-11-10-24-15-28)26-14-17-12-21(29)27-19-8-4-3-7-18(17)19/h2-11,15,17H,12-14H2,1H3,(H,27,29)(H2,23,25,26). The average Bonchev–Trinajstić information content (AvgIpc) is 3.28. The van der Waals surface area contributed by atoms with Crippen molar-refractivity contribution >= 4 is 17.6 Å². The van der Waals surface area contributed by atoms with Crippen molar-refractivity contribution in [2.75, 3.05) is 18.9 Å². The van der Waals surface area contributed by atoms with Crippen LogP contribution >= 0.6 is 0 Å². The number of carbonyl (C=O) groups excluding carboxylic acids is 1. The highest BCUT2D eigenvalue weighted by molar-refractivity contribution is 5.94. The quantitative estimate of drug-likeness (QED) is 0.464. The second kappa shape index (κ2) is 8.60. The topological polar surface area (TPSA) is 83.3 Å². The number of guanidine groups is 1. The Kier molecular flexibility index (Phi) is 5.56. The summed E-state index contributed by atoms with van der Waals surface area (Å²) in [6.45, 7) is 1.25. The highest BCUT2D eigenvalue weighted by Gasteiger charge is 2.24. The summed E-state index contributed by atoms with van der Waals surface area (Å²) in [5, 5.41) is 9.67. The molecular weight excluding hydrogens is 364 g/mol. The Balaban J connectivity index is 1.40. The van der Waals surface area contributed by atoms with Gasteiger partial charge >= 0.3 is 0 Å². The molecule has 1 aromatic heterocycles. The van der Waals surface area contributed by atoms with E-state index in [0.29, 0.717) is 25.5 Å². The molecule has 1 atom stereocenters. The average molecular weight is 388 g/mol. The van der Waals surface area contributed by atoms with Crippen molar-refractivity contribution in [2.24, 2.45) is 4.99 Å². The smallest absolute Gasteiger partial charge is 0.225 e. The van der Waals surface area contributed by atoms with Gasteiger partial charge in [0.2, 0.25) is 5.91 Å². The molecule has 0 saturated carbocycles. The number of imidazole rings is 1. The molecule has 2 aromatic carbocycles. The molecular formula is C22H24N6O. The van der Waals surface area contributed by atoms with Gasteiger partial charge in [0.15, 0.2) is 5.96 Å². The minimum absolute atomic E-state index is 0.0488. The second-order valence-corrected chi connectivity index (χ2v) is 6.94. The number of rotatable bonds is 5. The number of carbonyl (C=O) groups is 1. The van der Waals surface area contributed by atoms with Crippen LogP contribution in [0.5, 0.6) is 0 Å². The summed E-state index contributed by atoms with van der Waals surface area (Å²) in [7, 11) is 1.75. The van der Waals surface area contributed by atoms with E-state index < -0.39 is 0 Å². The van der Waals surface area contributed by atoms with E-state index in [1.807, 2.05) is 41.1 Å². The lowest BCUT2D eigenvalue weighted by Crippen LogP contribution is -2.40. The summed E-state index contributed by atoms with van der Waals surface area (Å²) in [4.78, 5) is 20.5. The van der Waals surface area contributed by atoms with Crippen molar-refractivity contribution in [3.05, 3.63) is 78.4 Å². The number of nitrogens with one attached hydrogen (secondary N) is 3. The maximum atomic E-state index is 12.0. The lowest BCUT2D eigenvalue weighted by molar-refractivity contribution is -0.116. The molecule has 1 aliphatic rings. The number of aromatic nitrogens is 2. The number of amides is 1. The highest BCUT2D eigenvalue weighted by atomic mass is 16.1. The Morgan fingerprint density at radius 2 is 2.03 bits per heavy atom. The van der Waals surface area contributed by atoms with Crippen LogP contribution in [0, 0.1) is 0 Å². The van der Waals surface area contributed by atoms with Gasteiger partial charge in [-0.15, -0.1) is 0 Å². The van der Waals surface area contributed by atoms with Gasteiger partial charge in [0, 0.05) is 50.6 Å². The van der Waals surface area contributed by atoms with Crippen molar-refractivity contribution in [3.8, 4) is 5.69 Å². The zero-order valence-corrected chi connectivity index (χ0v) is 16.3. The normalized spacial score (nSPS) is 16.1. The van der Waals surface area contributed by atoms with Gasteiger partial charge in [-0.2, -0.15) is 0 Å². The second-order valence-electron chi connectivity index (χ2n) is 6.94. The summed E-state index contributed by atoms with van der Waals surface area (Å²) in [6.07, 6.45) is 5.95. The summed E-state index contributed by atoms with van der Waals surface area (Å²) < 4.78 is 1.99. The summed E-state index contributed by atoms with van der Waals surface area (Å²) in [5.74, 6) is 0.860. The Bertz CT molecular complexity index is 1010. The molecule has 3 aromatic rings. The van der Waals surface area contributed by atoms with Crippen LogP contribution in [0.4, 0.5) is 5.69 Å². The first-order valence-electron chi connectivity index (χ1n) is 9.64.